The van der Waals surface area contributed by atoms with E-state index < -0.39 is 0 Å². The maximum atomic E-state index is 5.39. The van der Waals surface area contributed by atoms with Crippen molar-refractivity contribution in [2.75, 3.05) is 41.5 Å². The Morgan fingerprint density at radius 3 is 2.38 bits per heavy atom. The number of halogens is 1. The highest BCUT2D eigenvalue weighted by atomic mass is 127. The van der Waals surface area contributed by atoms with Gasteiger partial charge in [-0.2, -0.15) is 0 Å². The number of likely N-dealkylation sites (tertiary alicyclic amines) is 1. The Hall–Kier alpha value is -2.04. The minimum Gasteiger partial charge on any atom is -0.497 e. The number of nitrogens with zero attached hydrogens (tertiary/aromatic N) is 2. The van der Waals surface area contributed by atoms with Crippen LogP contribution in [0.4, 0.5) is 0 Å². The molecule has 3 rings (SSSR count). The van der Waals surface area contributed by atoms with E-state index in [1.165, 1.54) is 16.7 Å². The summed E-state index contributed by atoms with van der Waals surface area (Å²) in [6, 6.07) is 14.7. The fraction of sp³-hybridized carbons (Fsp3) is 0.458. The highest BCUT2D eigenvalue weighted by Gasteiger charge is 2.23. The molecular formula is C24H35IN4O3. The highest BCUT2D eigenvalue weighted by Crippen LogP contribution is 2.24. The molecule has 0 radical (unpaired) electrons. The summed E-state index contributed by atoms with van der Waals surface area (Å²) in [5.74, 6) is 2.46. The average molecular weight is 554 g/mol. The Labute approximate surface area is 208 Å². The SMILES string of the molecule is CN=C(NCc1ccccc1COC)NC1CCN(Cc2cc(OC)cc(OC)c2)C1.I. The van der Waals surface area contributed by atoms with Crippen molar-refractivity contribution >= 4 is 29.9 Å². The van der Waals surface area contributed by atoms with Crippen LogP contribution in [0.15, 0.2) is 47.5 Å². The van der Waals surface area contributed by atoms with Crippen LogP contribution in [0.25, 0.3) is 0 Å². The third-order valence-corrected chi connectivity index (χ3v) is 5.52. The van der Waals surface area contributed by atoms with E-state index in [1.54, 1.807) is 21.3 Å². The number of guanidine groups is 1. The quantitative estimate of drug-likeness (QED) is 0.282. The van der Waals surface area contributed by atoms with Crippen LogP contribution in [0.1, 0.15) is 23.1 Å². The van der Waals surface area contributed by atoms with Crippen molar-refractivity contribution < 1.29 is 14.2 Å². The zero-order valence-electron chi connectivity index (χ0n) is 19.4. The minimum absolute atomic E-state index is 0. The lowest BCUT2D eigenvalue weighted by molar-refractivity contribution is 0.184. The lowest BCUT2D eigenvalue weighted by atomic mass is 10.1. The fourth-order valence-corrected chi connectivity index (χ4v) is 3.90. The molecule has 0 aliphatic carbocycles. The zero-order valence-corrected chi connectivity index (χ0v) is 21.7. The molecule has 1 saturated heterocycles. The Bertz CT molecular complexity index is 856. The lowest BCUT2D eigenvalue weighted by Gasteiger charge is -2.20. The minimum atomic E-state index is 0. The second-order valence-corrected chi connectivity index (χ2v) is 7.71. The molecule has 1 atom stereocenters. The van der Waals surface area contributed by atoms with Gasteiger partial charge in [0.2, 0.25) is 0 Å². The predicted octanol–water partition coefficient (Wildman–Crippen LogP) is 3.41. The summed E-state index contributed by atoms with van der Waals surface area (Å²) in [6.45, 7) is 4.17. The number of benzene rings is 2. The summed E-state index contributed by atoms with van der Waals surface area (Å²) in [5.41, 5.74) is 3.59. The van der Waals surface area contributed by atoms with Gasteiger partial charge in [0.1, 0.15) is 11.5 Å². The van der Waals surface area contributed by atoms with Crippen LogP contribution in [-0.4, -0.2) is 58.4 Å². The van der Waals surface area contributed by atoms with Gasteiger partial charge < -0.3 is 24.8 Å². The summed E-state index contributed by atoms with van der Waals surface area (Å²) in [6.07, 6.45) is 1.07. The van der Waals surface area contributed by atoms with Gasteiger partial charge in [-0.1, -0.05) is 24.3 Å². The van der Waals surface area contributed by atoms with E-state index in [4.69, 9.17) is 14.2 Å². The number of hydrogen-bond acceptors (Lipinski definition) is 5. The van der Waals surface area contributed by atoms with Crippen LogP contribution in [0.5, 0.6) is 11.5 Å². The molecule has 2 aromatic rings. The maximum absolute atomic E-state index is 5.39. The van der Waals surface area contributed by atoms with Crippen molar-refractivity contribution in [3.8, 4) is 11.5 Å². The summed E-state index contributed by atoms with van der Waals surface area (Å²) < 4.78 is 16.1. The molecule has 8 heteroatoms. The molecule has 1 unspecified atom stereocenters. The normalized spacial score (nSPS) is 16.4. The maximum Gasteiger partial charge on any atom is 0.191 e. The summed E-state index contributed by atoms with van der Waals surface area (Å²) in [7, 11) is 6.89. The van der Waals surface area contributed by atoms with Crippen LogP contribution < -0.4 is 20.1 Å². The van der Waals surface area contributed by atoms with Gasteiger partial charge in [0.25, 0.3) is 0 Å². The molecule has 0 aromatic heterocycles. The molecule has 1 heterocycles. The van der Waals surface area contributed by atoms with Crippen molar-refractivity contribution in [2.24, 2.45) is 4.99 Å². The number of hydrogen-bond donors (Lipinski definition) is 2. The smallest absolute Gasteiger partial charge is 0.191 e. The van der Waals surface area contributed by atoms with Crippen molar-refractivity contribution in [2.45, 2.75) is 32.2 Å². The number of ether oxygens (including phenoxy) is 3. The van der Waals surface area contributed by atoms with Crippen LogP contribution in [0.2, 0.25) is 0 Å². The van der Waals surface area contributed by atoms with E-state index in [0.717, 1.165) is 43.5 Å². The molecule has 0 saturated carbocycles. The van der Waals surface area contributed by atoms with E-state index in [1.807, 2.05) is 19.2 Å². The largest absolute Gasteiger partial charge is 0.497 e. The van der Waals surface area contributed by atoms with Crippen molar-refractivity contribution in [3.63, 3.8) is 0 Å². The first-order chi connectivity index (χ1) is 15.1. The van der Waals surface area contributed by atoms with Gasteiger partial charge in [0.15, 0.2) is 5.96 Å². The van der Waals surface area contributed by atoms with Gasteiger partial charge in [-0.05, 0) is 35.2 Å². The van der Waals surface area contributed by atoms with E-state index in [-0.39, 0.29) is 24.0 Å². The molecule has 2 aromatic carbocycles. The summed E-state index contributed by atoms with van der Waals surface area (Å²) in [5, 5.41) is 7.00. The van der Waals surface area contributed by atoms with Crippen LogP contribution in [-0.2, 0) is 24.4 Å². The predicted molar refractivity (Wildman–Crippen MR) is 139 cm³/mol. The monoisotopic (exact) mass is 554 g/mol. The van der Waals surface area contributed by atoms with Crippen molar-refractivity contribution in [1.29, 1.82) is 0 Å². The first-order valence-corrected chi connectivity index (χ1v) is 10.6. The molecule has 2 N–H and O–H groups in total. The van der Waals surface area contributed by atoms with Crippen LogP contribution in [0.3, 0.4) is 0 Å². The number of methoxy groups -OCH3 is 3. The van der Waals surface area contributed by atoms with Gasteiger partial charge in [-0.25, -0.2) is 0 Å². The van der Waals surface area contributed by atoms with E-state index >= 15 is 0 Å². The van der Waals surface area contributed by atoms with Gasteiger partial charge >= 0.3 is 0 Å². The number of aliphatic imine (C=N–C) groups is 1. The van der Waals surface area contributed by atoms with Crippen molar-refractivity contribution in [1.82, 2.24) is 15.5 Å². The average Bonchev–Trinajstić information content (AvgIpc) is 3.23. The zero-order chi connectivity index (χ0) is 22.1. The molecule has 7 nitrogen and oxygen atoms in total. The van der Waals surface area contributed by atoms with E-state index in [0.29, 0.717) is 19.2 Å². The molecule has 176 valence electrons. The molecule has 0 amide bonds. The van der Waals surface area contributed by atoms with Gasteiger partial charge in [0, 0.05) is 52.4 Å². The first-order valence-electron chi connectivity index (χ1n) is 10.6. The molecule has 32 heavy (non-hydrogen) atoms. The Morgan fingerprint density at radius 1 is 1.06 bits per heavy atom. The fourth-order valence-electron chi connectivity index (χ4n) is 3.90. The number of rotatable bonds is 9. The third-order valence-electron chi connectivity index (χ3n) is 5.52. The lowest BCUT2D eigenvalue weighted by Crippen LogP contribution is -2.44. The molecule has 1 aliphatic heterocycles. The summed E-state index contributed by atoms with van der Waals surface area (Å²) in [4.78, 5) is 6.85. The molecule has 0 bridgehead atoms. The molecule has 0 spiro atoms. The second-order valence-electron chi connectivity index (χ2n) is 7.71. The van der Waals surface area contributed by atoms with Gasteiger partial charge in [-0.3, -0.25) is 9.89 Å². The second kappa shape index (κ2) is 13.5. The first kappa shape index (κ1) is 26.2. The third kappa shape index (κ3) is 7.53. The Morgan fingerprint density at radius 2 is 1.75 bits per heavy atom. The molecule has 1 aliphatic rings. The van der Waals surface area contributed by atoms with Crippen LogP contribution in [0, 0.1) is 0 Å². The Kier molecular flexibility index (Phi) is 11.1. The van der Waals surface area contributed by atoms with Crippen molar-refractivity contribution in [3.05, 3.63) is 59.2 Å². The Balaban J connectivity index is 0.00000363. The van der Waals surface area contributed by atoms with E-state index in [9.17, 15) is 0 Å². The molecule has 1 fully saturated rings. The molecular weight excluding hydrogens is 519 g/mol. The van der Waals surface area contributed by atoms with Gasteiger partial charge in [-0.15, -0.1) is 24.0 Å². The standard InChI is InChI=1S/C24H34N4O3.HI/c1-25-24(26-14-19-7-5-6-8-20(19)17-29-2)27-21-9-10-28(16-21)15-18-11-22(30-3)13-23(12-18)31-4;/h5-8,11-13,21H,9-10,14-17H2,1-4H3,(H2,25,26,27);1H. The van der Waals surface area contributed by atoms with E-state index in [2.05, 4.69) is 50.9 Å². The number of nitrogens with one attached hydrogen (secondary N) is 2. The summed E-state index contributed by atoms with van der Waals surface area (Å²) >= 11 is 0. The van der Waals surface area contributed by atoms with Gasteiger partial charge in [0.05, 0.1) is 20.8 Å². The topological polar surface area (TPSA) is 67.4 Å². The van der Waals surface area contributed by atoms with Crippen LogP contribution >= 0.6 is 24.0 Å². The highest BCUT2D eigenvalue weighted by molar-refractivity contribution is 14.0.